The highest BCUT2D eigenvalue weighted by molar-refractivity contribution is 7.21. The van der Waals surface area contributed by atoms with E-state index in [1.807, 2.05) is 72.8 Å². The zero-order chi connectivity index (χ0) is 26.3. The standard InChI is InChI=1S/C29H24N4O4S/c1-36-25-14-21(12-13-24(25)37-18-20-8-4-2-5-9-20)16-31-32-27(34)17-33-19-30-28-23(29(33)35)15-26(38-28)22-10-6-3-7-11-22/h2-16,19H,17-18H2,1H3,(H,32,34). The molecule has 5 rings (SSSR count). The van der Waals surface area contributed by atoms with Crippen LogP contribution in [0.5, 0.6) is 11.5 Å². The van der Waals surface area contributed by atoms with E-state index in [0.717, 1.165) is 16.0 Å². The average Bonchev–Trinajstić information content (AvgIpc) is 3.40. The SMILES string of the molecule is COc1cc(C=NNC(=O)Cn2cnc3sc(-c4ccccc4)cc3c2=O)ccc1OCc1ccccc1. The van der Waals surface area contributed by atoms with E-state index in [0.29, 0.717) is 33.9 Å². The fourth-order valence-corrected chi connectivity index (χ4v) is 4.80. The molecule has 38 heavy (non-hydrogen) atoms. The molecule has 0 bridgehead atoms. The van der Waals surface area contributed by atoms with Crippen molar-refractivity contribution in [2.45, 2.75) is 13.2 Å². The largest absolute Gasteiger partial charge is 0.493 e. The topological polar surface area (TPSA) is 94.8 Å². The van der Waals surface area contributed by atoms with Gasteiger partial charge in [-0.3, -0.25) is 14.2 Å². The summed E-state index contributed by atoms with van der Waals surface area (Å²) in [5.41, 5.74) is 4.96. The molecule has 0 spiro atoms. The monoisotopic (exact) mass is 524 g/mol. The van der Waals surface area contributed by atoms with Crippen LogP contribution in [0.15, 0.2) is 101 Å². The van der Waals surface area contributed by atoms with Crippen molar-refractivity contribution in [2.75, 3.05) is 7.11 Å². The molecule has 2 heterocycles. The zero-order valence-corrected chi connectivity index (χ0v) is 21.4. The van der Waals surface area contributed by atoms with Crippen molar-refractivity contribution in [3.63, 3.8) is 0 Å². The number of ether oxygens (including phenoxy) is 2. The summed E-state index contributed by atoms with van der Waals surface area (Å²) < 4.78 is 12.6. The van der Waals surface area contributed by atoms with Gasteiger partial charge in [-0.25, -0.2) is 10.4 Å². The minimum absolute atomic E-state index is 0.203. The molecule has 9 heteroatoms. The number of benzene rings is 3. The molecule has 0 saturated heterocycles. The Morgan fingerprint density at radius 2 is 1.79 bits per heavy atom. The normalized spacial score (nSPS) is 11.1. The number of nitrogens with one attached hydrogen (secondary N) is 1. The van der Waals surface area contributed by atoms with Crippen molar-refractivity contribution < 1.29 is 14.3 Å². The van der Waals surface area contributed by atoms with Crippen LogP contribution in [0, 0.1) is 0 Å². The number of hydrazone groups is 1. The van der Waals surface area contributed by atoms with Gasteiger partial charge in [0, 0.05) is 4.88 Å². The molecule has 0 aliphatic carbocycles. The van der Waals surface area contributed by atoms with Gasteiger partial charge in [0.25, 0.3) is 11.5 Å². The lowest BCUT2D eigenvalue weighted by Crippen LogP contribution is -2.29. The van der Waals surface area contributed by atoms with Crippen molar-refractivity contribution in [3.8, 4) is 21.9 Å². The number of carbonyl (C=O) groups excluding carboxylic acids is 1. The molecule has 190 valence electrons. The van der Waals surface area contributed by atoms with Crippen LogP contribution in [0.2, 0.25) is 0 Å². The molecule has 0 fully saturated rings. The first-order valence-electron chi connectivity index (χ1n) is 11.8. The summed E-state index contributed by atoms with van der Waals surface area (Å²) in [6.45, 7) is 0.213. The summed E-state index contributed by atoms with van der Waals surface area (Å²) in [5.74, 6) is 0.703. The second-order valence-corrected chi connectivity index (χ2v) is 9.38. The third-order valence-corrected chi connectivity index (χ3v) is 6.81. The average molecular weight is 525 g/mol. The first-order valence-corrected chi connectivity index (χ1v) is 12.6. The van der Waals surface area contributed by atoms with Crippen molar-refractivity contribution in [3.05, 3.63) is 113 Å². The predicted molar refractivity (Wildman–Crippen MR) is 149 cm³/mol. The summed E-state index contributed by atoms with van der Waals surface area (Å²) in [5, 5.41) is 4.50. The Kier molecular flexibility index (Phi) is 7.56. The maximum atomic E-state index is 12.9. The Hall–Kier alpha value is -4.76. The number of hydrogen-bond acceptors (Lipinski definition) is 7. The van der Waals surface area contributed by atoms with Crippen LogP contribution in [-0.2, 0) is 17.9 Å². The second-order valence-electron chi connectivity index (χ2n) is 8.35. The summed E-state index contributed by atoms with van der Waals surface area (Å²) >= 11 is 1.44. The minimum Gasteiger partial charge on any atom is -0.493 e. The van der Waals surface area contributed by atoms with Crippen molar-refractivity contribution in [1.82, 2.24) is 15.0 Å². The quantitative estimate of drug-likeness (QED) is 0.219. The molecule has 0 unspecified atom stereocenters. The van der Waals surface area contributed by atoms with Crippen molar-refractivity contribution in [2.24, 2.45) is 5.10 Å². The number of hydrogen-bond donors (Lipinski definition) is 1. The van der Waals surface area contributed by atoms with E-state index in [-0.39, 0.29) is 12.1 Å². The Bertz CT molecular complexity index is 1650. The molecule has 1 amide bonds. The van der Waals surface area contributed by atoms with Gasteiger partial charge < -0.3 is 9.47 Å². The third kappa shape index (κ3) is 5.79. The highest BCUT2D eigenvalue weighted by atomic mass is 32.1. The van der Waals surface area contributed by atoms with Crippen LogP contribution in [0.3, 0.4) is 0 Å². The van der Waals surface area contributed by atoms with E-state index >= 15 is 0 Å². The summed E-state index contributed by atoms with van der Waals surface area (Å²) in [6.07, 6.45) is 2.88. The Labute approximate surface area is 222 Å². The molecule has 0 atom stereocenters. The summed E-state index contributed by atoms with van der Waals surface area (Å²) in [6, 6.07) is 26.8. The molecular weight excluding hydrogens is 500 g/mol. The van der Waals surface area contributed by atoms with E-state index in [2.05, 4.69) is 15.5 Å². The molecule has 3 aromatic carbocycles. The predicted octanol–water partition coefficient (Wildman–Crippen LogP) is 4.86. The van der Waals surface area contributed by atoms with Crippen LogP contribution >= 0.6 is 11.3 Å². The van der Waals surface area contributed by atoms with E-state index in [1.165, 1.54) is 28.4 Å². The minimum atomic E-state index is -0.446. The van der Waals surface area contributed by atoms with E-state index in [9.17, 15) is 9.59 Å². The maximum Gasteiger partial charge on any atom is 0.262 e. The van der Waals surface area contributed by atoms with Gasteiger partial charge in [0.15, 0.2) is 11.5 Å². The van der Waals surface area contributed by atoms with Crippen LogP contribution in [-0.4, -0.2) is 28.8 Å². The number of fused-ring (bicyclic) bond motifs is 1. The third-order valence-electron chi connectivity index (χ3n) is 5.72. The highest BCUT2D eigenvalue weighted by Gasteiger charge is 2.12. The van der Waals surface area contributed by atoms with Crippen LogP contribution in [0.25, 0.3) is 20.7 Å². The van der Waals surface area contributed by atoms with Crippen molar-refractivity contribution in [1.29, 1.82) is 0 Å². The van der Waals surface area contributed by atoms with Gasteiger partial charge in [-0.2, -0.15) is 5.10 Å². The Morgan fingerprint density at radius 1 is 1.03 bits per heavy atom. The van der Waals surface area contributed by atoms with E-state index in [4.69, 9.17) is 9.47 Å². The molecule has 8 nitrogen and oxygen atoms in total. The highest BCUT2D eigenvalue weighted by Crippen LogP contribution is 2.30. The van der Waals surface area contributed by atoms with Crippen molar-refractivity contribution >= 4 is 33.7 Å². The molecule has 2 aromatic heterocycles. The van der Waals surface area contributed by atoms with Gasteiger partial charge in [0.2, 0.25) is 0 Å². The fourth-order valence-electron chi connectivity index (χ4n) is 3.81. The van der Waals surface area contributed by atoms with Gasteiger partial charge in [-0.05, 0) is 41.0 Å². The number of thiophene rings is 1. The van der Waals surface area contributed by atoms with Gasteiger partial charge in [-0.15, -0.1) is 11.3 Å². The van der Waals surface area contributed by atoms with Gasteiger partial charge in [0.1, 0.15) is 18.0 Å². The lowest BCUT2D eigenvalue weighted by Gasteiger charge is -2.11. The lowest BCUT2D eigenvalue weighted by atomic mass is 10.2. The van der Waals surface area contributed by atoms with Crippen LogP contribution in [0.1, 0.15) is 11.1 Å². The number of aromatic nitrogens is 2. The number of methoxy groups -OCH3 is 1. The molecule has 1 N–H and O–H groups in total. The van der Waals surface area contributed by atoms with Gasteiger partial charge >= 0.3 is 0 Å². The molecule has 0 aliphatic heterocycles. The van der Waals surface area contributed by atoms with Crippen LogP contribution in [0.4, 0.5) is 0 Å². The lowest BCUT2D eigenvalue weighted by molar-refractivity contribution is -0.121. The second kappa shape index (κ2) is 11.5. The fraction of sp³-hybridized carbons (Fsp3) is 0.103. The molecular formula is C29H24N4O4S. The summed E-state index contributed by atoms with van der Waals surface area (Å²) in [4.78, 5) is 31.3. The Balaban J connectivity index is 1.22. The molecule has 5 aromatic rings. The number of amides is 1. The molecule has 0 radical (unpaired) electrons. The number of rotatable bonds is 9. The maximum absolute atomic E-state index is 12.9. The van der Waals surface area contributed by atoms with E-state index in [1.54, 1.807) is 19.2 Å². The zero-order valence-electron chi connectivity index (χ0n) is 20.5. The summed E-state index contributed by atoms with van der Waals surface area (Å²) in [7, 11) is 1.56. The molecule has 0 aliphatic rings. The van der Waals surface area contributed by atoms with Gasteiger partial charge in [0.05, 0.1) is 25.0 Å². The first-order chi connectivity index (χ1) is 18.6. The van der Waals surface area contributed by atoms with Gasteiger partial charge in [-0.1, -0.05) is 60.7 Å². The smallest absolute Gasteiger partial charge is 0.262 e. The number of carbonyl (C=O) groups is 1. The molecule has 0 saturated carbocycles. The first kappa shape index (κ1) is 24.9. The Morgan fingerprint density at radius 3 is 2.55 bits per heavy atom. The van der Waals surface area contributed by atoms with Crippen LogP contribution < -0.4 is 20.5 Å². The number of nitrogens with zero attached hydrogens (tertiary/aromatic N) is 3. The van der Waals surface area contributed by atoms with E-state index < -0.39 is 5.91 Å².